The second kappa shape index (κ2) is 21.4. The van der Waals surface area contributed by atoms with Crippen molar-refractivity contribution in [1.82, 2.24) is 34.0 Å². The number of benzene rings is 4. The quantitative estimate of drug-likeness (QED) is 0.138. The van der Waals surface area contributed by atoms with Crippen molar-refractivity contribution in [2.24, 2.45) is 0 Å². The smallest absolute Gasteiger partial charge is 0.345 e. The van der Waals surface area contributed by atoms with Crippen molar-refractivity contribution < 1.29 is 46.4 Å². The summed E-state index contributed by atoms with van der Waals surface area (Å²) in [6, 6.07) is 19.4. The molecule has 0 unspecified atom stereocenters. The van der Waals surface area contributed by atoms with Crippen molar-refractivity contribution in [3.05, 3.63) is 124 Å². The van der Waals surface area contributed by atoms with Crippen LogP contribution in [0.5, 0.6) is 23.1 Å². The van der Waals surface area contributed by atoms with E-state index in [9.17, 15) is 22.7 Å². The first-order chi connectivity index (χ1) is 35.2. The summed E-state index contributed by atoms with van der Waals surface area (Å²) in [4.78, 5) is 37.6. The van der Waals surface area contributed by atoms with E-state index in [0.29, 0.717) is 96.7 Å². The van der Waals surface area contributed by atoms with E-state index >= 15 is 0 Å². The number of nitrogens with zero attached hydrogens (tertiary/aromatic N) is 7. The fourth-order valence-corrected chi connectivity index (χ4v) is 12.3. The number of fused-ring (bicyclic) bond motifs is 7. The fraction of sp³-hybridized carbons (Fsp3) is 0.327. The zero-order valence-corrected chi connectivity index (χ0v) is 43.2. The molecule has 16 nitrogen and oxygen atoms in total. The number of carbonyl (C=O) groups is 1. The number of aliphatic carboxylic acids is 1. The van der Waals surface area contributed by atoms with Gasteiger partial charge in [0.25, 0.3) is 0 Å². The number of rotatable bonds is 10. The van der Waals surface area contributed by atoms with Crippen molar-refractivity contribution >= 4 is 60.7 Å². The van der Waals surface area contributed by atoms with E-state index in [1.165, 1.54) is 34.1 Å². The molecule has 2 atom stereocenters. The molecule has 21 heteroatoms. The molecule has 0 radical (unpaired) electrons. The van der Waals surface area contributed by atoms with Crippen LogP contribution in [0.2, 0.25) is 10.0 Å². The predicted molar refractivity (Wildman–Crippen MR) is 275 cm³/mol. The molecule has 2 fully saturated rings. The molecule has 1 N–H and O–H groups in total. The Morgan fingerprint density at radius 1 is 0.890 bits per heavy atom. The van der Waals surface area contributed by atoms with E-state index in [2.05, 4.69) is 31.8 Å². The zero-order chi connectivity index (χ0) is 51.0. The standard InChI is InChI=1S/C52H50Cl2FN7O9S2/c1-30-42-31(2)46(54)47(45(30)53)70-38(26-61-17-15-60(3)16-18-61)28-68-37-11-12-40(69-27-36-13-14-56-49(59-36)33-5-4-6-39(24-33)73(65,66)62-19-21-67-22-20-62)34(23-37)25-41(52(63)64)71-50-44-43(42)48(72-51(44)58-29-57-50)32-7-9-35(55)10-8-32/h4-14,23-24,29,38,41H,15-22,25-28H2,1-3H3,(H,63,64)/t38-,41-/m1/s1. The number of halogens is 3. The minimum absolute atomic E-state index is 0.00913. The van der Waals surface area contributed by atoms with Crippen molar-refractivity contribution in [3.63, 3.8) is 0 Å². The van der Waals surface area contributed by atoms with Crippen LogP contribution >= 0.6 is 34.5 Å². The van der Waals surface area contributed by atoms with Gasteiger partial charge in [0.15, 0.2) is 11.6 Å². The highest BCUT2D eigenvalue weighted by molar-refractivity contribution is 7.89. The average Bonchev–Trinajstić information content (AvgIpc) is 3.79. The van der Waals surface area contributed by atoms with Gasteiger partial charge < -0.3 is 33.7 Å². The maximum Gasteiger partial charge on any atom is 0.345 e. The molecule has 4 aliphatic rings. The van der Waals surface area contributed by atoms with Crippen LogP contribution in [0.25, 0.3) is 43.2 Å². The van der Waals surface area contributed by atoms with Crippen LogP contribution in [0.3, 0.4) is 0 Å². The molecular weight excluding hydrogens is 1020 g/mol. The molecule has 3 aromatic heterocycles. The van der Waals surface area contributed by atoms with Crippen molar-refractivity contribution in [2.75, 3.05) is 72.7 Å². The number of carboxylic acids is 1. The average molecular weight is 1070 g/mol. The van der Waals surface area contributed by atoms with Crippen LogP contribution in [-0.2, 0) is 32.6 Å². The summed E-state index contributed by atoms with van der Waals surface area (Å²) >= 11 is 16.0. The molecule has 11 rings (SSSR count). The summed E-state index contributed by atoms with van der Waals surface area (Å²) in [5.74, 6) is -0.387. The van der Waals surface area contributed by atoms with Crippen molar-refractivity contribution in [2.45, 2.75) is 44.0 Å². The normalized spacial score (nSPS) is 18.2. The van der Waals surface area contributed by atoms with Crippen LogP contribution in [0.15, 0.2) is 90.2 Å². The maximum atomic E-state index is 14.4. The first-order valence-corrected chi connectivity index (χ1v) is 26.6. The van der Waals surface area contributed by atoms with E-state index in [-0.39, 0.29) is 59.4 Å². The van der Waals surface area contributed by atoms with E-state index in [4.69, 9.17) is 51.9 Å². The Labute approximate surface area is 435 Å². The van der Waals surface area contributed by atoms with Gasteiger partial charge in [-0.15, -0.1) is 11.3 Å². The highest BCUT2D eigenvalue weighted by Crippen LogP contribution is 2.53. The Hall–Kier alpha value is -6.03. The Kier molecular flexibility index (Phi) is 14.8. The number of thiophene rings is 1. The van der Waals surface area contributed by atoms with Gasteiger partial charge in [-0.2, -0.15) is 4.31 Å². The lowest BCUT2D eigenvalue weighted by Crippen LogP contribution is -2.49. The molecule has 0 aliphatic carbocycles. The molecule has 0 amide bonds. The number of carboxylic acid groups (broad SMARTS) is 1. The minimum Gasteiger partial charge on any atom is -0.490 e. The largest absolute Gasteiger partial charge is 0.490 e. The Balaban J connectivity index is 1.04. The van der Waals surface area contributed by atoms with E-state index in [0.717, 1.165) is 26.2 Å². The predicted octanol–water partition coefficient (Wildman–Crippen LogP) is 8.61. The third-order valence-electron chi connectivity index (χ3n) is 13.2. The number of piperazine rings is 1. The number of morpholine rings is 1. The lowest BCUT2D eigenvalue weighted by atomic mass is 9.92. The fourth-order valence-electron chi connectivity index (χ4n) is 9.21. The van der Waals surface area contributed by atoms with E-state index in [1.54, 1.807) is 66.9 Å². The molecular formula is C52H50Cl2FN7O9S2. The minimum atomic E-state index is -3.78. The van der Waals surface area contributed by atoms with Crippen LogP contribution in [-0.4, -0.2) is 138 Å². The third-order valence-corrected chi connectivity index (χ3v) is 17.1. The monoisotopic (exact) mass is 1070 g/mol. The Bertz CT molecular complexity index is 3290. The second-order valence-electron chi connectivity index (χ2n) is 18.0. The van der Waals surface area contributed by atoms with Gasteiger partial charge in [0.2, 0.25) is 22.0 Å². The van der Waals surface area contributed by atoms with Gasteiger partial charge in [0, 0.05) is 80.0 Å². The molecule has 2 saturated heterocycles. The summed E-state index contributed by atoms with van der Waals surface area (Å²) in [6.07, 6.45) is 0.571. The van der Waals surface area contributed by atoms with E-state index in [1.807, 2.05) is 13.8 Å². The van der Waals surface area contributed by atoms with Crippen LogP contribution in [0, 0.1) is 19.7 Å². The highest BCUT2D eigenvalue weighted by atomic mass is 35.5. The van der Waals surface area contributed by atoms with Gasteiger partial charge >= 0.3 is 5.97 Å². The number of sulfonamides is 1. The SMILES string of the molecule is Cc1c(Cl)c2c(Cl)c(C)c1-c1c(-c3ccc(F)cc3)sc3ncnc(c13)O[C@@H](C(=O)O)Cc1cc(ccc1OCc1ccnc(-c3cccc(S(=O)(=O)N4CCOCC4)c3)n1)OC[C@@H](CN1CCN(C)CC1)O2. The van der Waals surface area contributed by atoms with Crippen molar-refractivity contribution in [1.29, 1.82) is 0 Å². The van der Waals surface area contributed by atoms with Gasteiger partial charge in [-0.1, -0.05) is 47.5 Å². The van der Waals surface area contributed by atoms with Crippen LogP contribution in [0.4, 0.5) is 4.39 Å². The molecule has 0 saturated carbocycles. The second-order valence-corrected chi connectivity index (χ2v) is 21.7. The summed E-state index contributed by atoms with van der Waals surface area (Å²) < 4.78 is 74.5. The zero-order valence-electron chi connectivity index (χ0n) is 40.0. The van der Waals surface area contributed by atoms with Crippen LogP contribution < -0.4 is 18.9 Å². The van der Waals surface area contributed by atoms with Gasteiger partial charge in [-0.3, -0.25) is 4.90 Å². The molecule has 73 heavy (non-hydrogen) atoms. The lowest BCUT2D eigenvalue weighted by Gasteiger charge is -2.35. The van der Waals surface area contributed by atoms with Gasteiger partial charge in [0.05, 0.1) is 39.2 Å². The number of hydrogen-bond donors (Lipinski definition) is 1. The number of ether oxygens (including phenoxy) is 5. The summed E-state index contributed by atoms with van der Waals surface area (Å²) in [6.45, 7) is 8.73. The third kappa shape index (κ3) is 10.7. The first kappa shape index (κ1) is 50.5. The Morgan fingerprint density at radius 3 is 2.38 bits per heavy atom. The van der Waals surface area contributed by atoms with E-state index < -0.39 is 34.0 Å². The van der Waals surface area contributed by atoms with Gasteiger partial charge in [0.1, 0.15) is 47.8 Å². The molecule has 7 aromatic rings. The van der Waals surface area contributed by atoms with Crippen molar-refractivity contribution in [3.8, 4) is 56.1 Å². The number of hydrogen-bond acceptors (Lipinski definition) is 15. The maximum absolute atomic E-state index is 14.4. The topological polar surface area (TPSA) is 179 Å². The summed E-state index contributed by atoms with van der Waals surface area (Å²) in [7, 11) is -1.70. The lowest BCUT2D eigenvalue weighted by molar-refractivity contribution is -0.145. The summed E-state index contributed by atoms with van der Waals surface area (Å²) in [5, 5.41) is 11.9. The van der Waals surface area contributed by atoms with Gasteiger partial charge in [-0.25, -0.2) is 37.5 Å². The number of likely N-dealkylation sites (N-methyl/N-ethyl adjacent to an activating group) is 1. The summed E-state index contributed by atoms with van der Waals surface area (Å²) in [5.41, 5.74) is 4.55. The molecule has 4 aromatic carbocycles. The number of aromatic nitrogens is 4. The Morgan fingerprint density at radius 2 is 1.64 bits per heavy atom. The van der Waals surface area contributed by atoms with Crippen LogP contribution in [0.1, 0.15) is 22.4 Å². The molecule has 4 bridgehead atoms. The molecule has 7 heterocycles. The molecule has 0 spiro atoms. The molecule has 380 valence electrons. The first-order valence-electron chi connectivity index (χ1n) is 23.6. The molecule has 4 aliphatic heterocycles. The van der Waals surface area contributed by atoms with Gasteiger partial charge in [-0.05, 0) is 91.7 Å². The highest BCUT2D eigenvalue weighted by Gasteiger charge is 2.33.